The molecule has 0 radical (unpaired) electrons. The van der Waals surface area contributed by atoms with Crippen LogP contribution in [0.2, 0.25) is 0 Å². The number of benzene rings is 2. The smallest absolute Gasteiger partial charge is 0.254 e. The number of tetrazole rings is 1. The van der Waals surface area contributed by atoms with Crippen molar-refractivity contribution < 1.29 is 4.74 Å². The molecular formula is C27H30N6O2. The third kappa shape index (κ3) is 3.72. The molecule has 2 aliphatic heterocycles. The SMILES string of the molecule is Cc1ccc2cc([C@@H](c3nnnn3C[C@@H]3CCCO3)N3c4ccccc4C[C@@H]3C)c(=O)[nH]c2c1C. The molecule has 8 nitrogen and oxygen atoms in total. The first-order valence-corrected chi connectivity index (χ1v) is 12.4. The number of para-hydroxylation sites is 1. The summed E-state index contributed by atoms with van der Waals surface area (Å²) in [6.45, 7) is 7.65. The summed E-state index contributed by atoms with van der Waals surface area (Å²) in [5.74, 6) is 0.665. The summed E-state index contributed by atoms with van der Waals surface area (Å²) in [5.41, 5.74) is 6.05. The number of aromatic nitrogens is 5. The van der Waals surface area contributed by atoms with Gasteiger partial charge in [0.15, 0.2) is 5.82 Å². The van der Waals surface area contributed by atoms with Gasteiger partial charge in [0.2, 0.25) is 0 Å². The van der Waals surface area contributed by atoms with Crippen LogP contribution in [0.4, 0.5) is 5.69 Å². The number of hydrogen-bond acceptors (Lipinski definition) is 6. The molecule has 2 aromatic heterocycles. The Morgan fingerprint density at radius 2 is 2.06 bits per heavy atom. The average molecular weight is 471 g/mol. The standard InChI is InChI=1S/C27H30N6O2/c1-16-10-11-20-14-22(27(34)28-24(20)18(16)3)25(33-17(2)13-19-7-4-5-9-23(19)33)26-29-30-31-32(26)15-21-8-6-12-35-21/h4-5,7,9-11,14,17,21,25H,6,8,12-13,15H2,1-3H3,(H,28,34)/t17-,21-,25-/m0/s1. The highest BCUT2D eigenvalue weighted by Gasteiger charge is 2.38. The topological polar surface area (TPSA) is 88.9 Å². The molecule has 6 rings (SSSR count). The van der Waals surface area contributed by atoms with Gasteiger partial charge in [0.05, 0.1) is 18.2 Å². The minimum Gasteiger partial charge on any atom is -0.376 e. The zero-order valence-electron chi connectivity index (χ0n) is 20.4. The van der Waals surface area contributed by atoms with E-state index >= 15 is 0 Å². The summed E-state index contributed by atoms with van der Waals surface area (Å²) in [6, 6.07) is 14.4. The van der Waals surface area contributed by atoms with E-state index in [1.54, 1.807) is 0 Å². The molecule has 0 aliphatic carbocycles. The number of nitrogens with zero attached hydrogens (tertiary/aromatic N) is 5. The molecule has 2 aromatic carbocycles. The van der Waals surface area contributed by atoms with Crippen molar-refractivity contribution in [2.75, 3.05) is 11.5 Å². The van der Waals surface area contributed by atoms with Crippen LogP contribution in [0.3, 0.4) is 0 Å². The normalized spacial score (nSPS) is 20.5. The van der Waals surface area contributed by atoms with Crippen LogP contribution in [-0.2, 0) is 17.7 Å². The second kappa shape index (κ2) is 8.61. The molecule has 0 bridgehead atoms. The Kier molecular flexibility index (Phi) is 5.40. The number of rotatable bonds is 5. The third-order valence-corrected chi connectivity index (χ3v) is 7.62. The van der Waals surface area contributed by atoms with E-state index in [2.05, 4.69) is 69.6 Å². The van der Waals surface area contributed by atoms with Gasteiger partial charge in [-0.2, -0.15) is 0 Å². The van der Waals surface area contributed by atoms with Gasteiger partial charge in [0, 0.05) is 23.9 Å². The Morgan fingerprint density at radius 1 is 1.20 bits per heavy atom. The fourth-order valence-corrected chi connectivity index (χ4v) is 5.66. The maximum absolute atomic E-state index is 13.7. The Morgan fingerprint density at radius 3 is 2.89 bits per heavy atom. The number of aryl methyl sites for hydroxylation is 2. The Balaban J connectivity index is 1.54. The second-order valence-corrected chi connectivity index (χ2v) is 9.87. The molecule has 35 heavy (non-hydrogen) atoms. The van der Waals surface area contributed by atoms with E-state index in [-0.39, 0.29) is 17.7 Å². The van der Waals surface area contributed by atoms with Gasteiger partial charge in [-0.1, -0.05) is 30.3 Å². The van der Waals surface area contributed by atoms with Crippen molar-refractivity contribution in [1.82, 2.24) is 25.2 Å². The molecule has 2 aliphatic rings. The van der Waals surface area contributed by atoms with Crippen LogP contribution in [-0.4, -0.2) is 43.9 Å². The molecular weight excluding hydrogens is 440 g/mol. The first kappa shape index (κ1) is 22.0. The van der Waals surface area contributed by atoms with Crippen molar-refractivity contribution >= 4 is 16.6 Å². The highest BCUT2D eigenvalue weighted by Crippen LogP contribution is 2.40. The lowest BCUT2D eigenvalue weighted by atomic mass is 9.99. The van der Waals surface area contributed by atoms with Gasteiger partial charge >= 0.3 is 0 Å². The lowest BCUT2D eigenvalue weighted by Crippen LogP contribution is -2.39. The van der Waals surface area contributed by atoms with Crippen molar-refractivity contribution in [3.63, 3.8) is 0 Å². The van der Waals surface area contributed by atoms with Gasteiger partial charge in [-0.05, 0) is 84.7 Å². The first-order valence-electron chi connectivity index (χ1n) is 12.4. The molecule has 1 fully saturated rings. The summed E-state index contributed by atoms with van der Waals surface area (Å²) < 4.78 is 7.71. The molecule has 180 valence electrons. The quantitative estimate of drug-likeness (QED) is 0.477. The lowest BCUT2D eigenvalue weighted by Gasteiger charge is -2.33. The monoisotopic (exact) mass is 470 g/mol. The molecule has 4 aromatic rings. The minimum atomic E-state index is -0.431. The van der Waals surface area contributed by atoms with Crippen molar-refractivity contribution in [2.45, 2.75) is 64.8 Å². The van der Waals surface area contributed by atoms with E-state index < -0.39 is 6.04 Å². The van der Waals surface area contributed by atoms with Crippen LogP contribution >= 0.6 is 0 Å². The summed E-state index contributed by atoms with van der Waals surface area (Å²) in [6.07, 6.45) is 3.03. The zero-order chi connectivity index (χ0) is 24.1. The largest absolute Gasteiger partial charge is 0.376 e. The van der Waals surface area contributed by atoms with E-state index in [0.29, 0.717) is 17.9 Å². The van der Waals surface area contributed by atoms with Crippen LogP contribution in [0.5, 0.6) is 0 Å². The fourth-order valence-electron chi connectivity index (χ4n) is 5.66. The van der Waals surface area contributed by atoms with Crippen LogP contribution in [0.25, 0.3) is 10.9 Å². The van der Waals surface area contributed by atoms with Crippen molar-refractivity contribution in [2.24, 2.45) is 0 Å². The third-order valence-electron chi connectivity index (χ3n) is 7.62. The summed E-state index contributed by atoms with van der Waals surface area (Å²) in [4.78, 5) is 19.2. The fraction of sp³-hybridized carbons (Fsp3) is 0.407. The molecule has 4 heterocycles. The molecule has 0 amide bonds. The van der Waals surface area contributed by atoms with Crippen LogP contribution in [0.15, 0.2) is 47.3 Å². The van der Waals surface area contributed by atoms with Crippen molar-refractivity contribution in [1.29, 1.82) is 0 Å². The zero-order valence-corrected chi connectivity index (χ0v) is 20.4. The summed E-state index contributed by atoms with van der Waals surface area (Å²) in [7, 11) is 0. The highest BCUT2D eigenvalue weighted by molar-refractivity contribution is 5.83. The number of anilines is 1. The number of aromatic amines is 1. The number of fused-ring (bicyclic) bond motifs is 2. The van der Waals surface area contributed by atoms with E-state index in [9.17, 15) is 4.79 Å². The predicted octanol–water partition coefficient (Wildman–Crippen LogP) is 3.85. The maximum Gasteiger partial charge on any atom is 0.254 e. The van der Waals surface area contributed by atoms with Gasteiger partial charge < -0.3 is 14.6 Å². The molecule has 0 spiro atoms. The van der Waals surface area contributed by atoms with E-state index in [1.165, 1.54) is 5.56 Å². The minimum absolute atomic E-state index is 0.0849. The summed E-state index contributed by atoms with van der Waals surface area (Å²) >= 11 is 0. The van der Waals surface area contributed by atoms with Gasteiger partial charge in [0.1, 0.15) is 6.04 Å². The predicted molar refractivity (Wildman–Crippen MR) is 135 cm³/mol. The number of ether oxygens (including phenoxy) is 1. The molecule has 8 heteroatoms. The Bertz CT molecular complexity index is 1450. The van der Waals surface area contributed by atoms with Crippen LogP contribution < -0.4 is 10.5 Å². The summed E-state index contributed by atoms with van der Waals surface area (Å²) in [5, 5.41) is 13.9. The van der Waals surface area contributed by atoms with Gasteiger partial charge in [-0.25, -0.2) is 4.68 Å². The average Bonchev–Trinajstić information content (AvgIpc) is 3.59. The maximum atomic E-state index is 13.7. The number of hydrogen-bond donors (Lipinski definition) is 1. The van der Waals surface area contributed by atoms with Crippen LogP contribution in [0, 0.1) is 13.8 Å². The van der Waals surface area contributed by atoms with E-state index in [4.69, 9.17) is 4.74 Å². The Labute approximate surface area is 203 Å². The Hall–Kier alpha value is -3.52. The number of H-pyrrole nitrogens is 1. The van der Waals surface area contributed by atoms with E-state index in [1.807, 2.05) is 23.7 Å². The molecule has 1 N–H and O–H groups in total. The van der Waals surface area contributed by atoms with Gasteiger partial charge in [0.25, 0.3) is 5.56 Å². The van der Waals surface area contributed by atoms with E-state index in [0.717, 1.165) is 53.6 Å². The van der Waals surface area contributed by atoms with Crippen molar-refractivity contribution in [3.05, 3.63) is 80.9 Å². The lowest BCUT2D eigenvalue weighted by molar-refractivity contribution is 0.0924. The number of pyridine rings is 1. The first-order chi connectivity index (χ1) is 17.0. The van der Waals surface area contributed by atoms with Gasteiger partial charge in [-0.3, -0.25) is 4.79 Å². The molecule has 0 unspecified atom stereocenters. The van der Waals surface area contributed by atoms with Gasteiger partial charge in [-0.15, -0.1) is 5.10 Å². The van der Waals surface area contributed by atoms with Crippen molar-refractivity contribution in [3.8, 4) is 0 Å². The second-order valence-electron chi connectivity index (χ2n) is 9.87. The molecule has 0 saturated carbocycles. The molecule has 3 atom stereocenters. The van der Waals surface area contributed by atoms with Crippen LogP contribution in [0.1, 0.15) is 53.9 Å². The number of nitrogens with one attached hydrogen (secondary N) is 1. The highest BCUT2D eigenvalue weighted by atomic mass is 16.5. The molecule has 1 saturated heterocycles.